The third-order valence-electron chi connectivity index (χ3n) is 8.10. The van der Waals surface area contributed by atoms with Crippen LogP contribution in [0.2, 0.25) is 0 Å². The lowest BCUT2D eigenvalue weighted by Gasteiger charge is -2.39. The molecule has 224 valence electrons. The average molecular weight is 583 g/mol. The SMILES string of the molecule is CCc1cc(Nc2ncc(C(F)(F)F)c(CCc3cccc4c3CC(=O)N4)n2)c(OC)cc1N1CCN(C(C)C)CC1. The summed E-state index contributed by atoms with van der Waals surface area (Å²) in [6, 6.07) is 9.90. The summed E-state index contributed by atoms with van der Waals surface area (Å²) in [5, 5.41) is 5.91. The van der Waals surface area contributed by atoms with Crippen LogP contribution in [0.25, 0.3) is 0 Å². The molecule has 0 atom stereocenters. The maximum absolute atomic E-state index is 13.9. The number of amides is 1. The van der Waals surface area contributed by atoms with Gasteiger partial charge in [-0.15, -0.1) is 0 Å². The van der Waals surface area contributed by atoms with Crippen LogP contribution in [0.15, 0.2) is 36.5 Å². The zero-order valence-corrected chi connectivity index (χ0v) is 24.4. The smallest absolute Gasteiger partial charge is 0.419 e. The van der Waals surface area contributed by atoms with Crippen LogP contribution in [0, 0.1) is 0 Å². The quantitative estimate of drug-likeness (QED) is 0.339. The van der Waals surface area contributed by atoms with Gasteiger partial charge < -0.3 is 20.3 Å². The molecule has 1 saturated heterocycles. The molecule has 3 heterocycles. The number of anilines is 4. The lowest BCUT2D eigenvalue weighted by molar-refractivity contribution is -0.138. The van der Waals surface area contributed by atoms with Gasteiger partial charge in [0.2, 0.25) is 11.9 Å². The first kappa shape index (κ1) is 29.6. The summed E-state index contributed by atoms with van der Waals surface area (Å²) in [6.45, 7) is 10.3. The van der Waals surface area contributed by atoms with Crippen molar-refractivity contribution in [1.82, 2.24) is 14.9 Å². The van der Waals surface area contributed by atoms with Crippen LogP contribution >= 0.6 is 0 Å². The van der Waals surface area contributed by atoms with Gasteiger partial charge in [-0.2, -0.15) is 13.2 Å². The summed E-state index contributed by atoms with van der Waals surface area (Å²) in [6.07, 6.45) is -2.43. The number of piperazine rings is 1. The molecule has 2 aromatic carbocycles. The van der Waals surface area contributed by atoms with Crippen molar-refractivity contribution in [3.05, 3.63) is 64.5 Å². The Morgan fingerprint density at radius 2 is 1.86 bits per heavy atom. The van der Waals surface area contributed by atoms with Gasteiger partial charge in [0, 0.05) is 55.9 Å². The van der Waals surface area contributed by atoms with Crippen LogP contribution in [-0.2, 0) is 36.7 Å². The van der Waals surface area contributed by atoms with Crippen LogP contribution in [0.4, 0.5) is 36.2 Å². The maximum atomic E-state index is 13.9. The number of fused-ring (bicyclic) bond motifs is 1. The van der Waals surface area contributed by atoms with Crippen molar-refractivity contribution in [2.45, 2.75) is 58.7 Å². The molecule has 2 aliphatic heterocycles. The number of alkyl halides is 3. The Kier molecular flexibility index (Phi) is 8.58. The van der Waals surface area contributed by atoms with Gasteiger partial charge in [0.25, 0.3) is 0 Å². The van der Waals surface area contributed by atoms with Gasteiger partial charge in [-0.1, -0.05) is 19.1 Å². The number of nitrogens with zero attached hydrogens (tertiary/aromatic N) is 4. The van der Waals surface area contributed by atoms with Crippen molar-refractivity contribution in [1.29, 1.82) is 0 Å². The van der Waals surface area contributed by atoms with Crippen molar-refractivity contribution >= 4 is 28.9 Å². The lowest BCUT2D eigenvalue weighted by Crippen LogP contribution is -2.49. The number of aromatic nitrogens is 2. The topological polar surface area (TPSA) is 82.6 Å². The highest BCUT2D eigenvalue weighted by Gasteiger charge is 2.35. The Morgan fingerprint density at radius 1 is 1.10 bits per heavy atom. The average Bonchev–Trinajstić information content (AvgIpc) is 3.36. The van der Waals surface area contributed by atoms with E-state index in [9.17, 15) is 18.0 Å². The molecule has 11 heteroatoms. The molecule has 1 aromatic heterocycles. The van der Waals surface area contributed by atoms with Gasteiger partial charge in [0.05, 0.1) is 30.5 Å². The second-order valence-corrected chi connectivity index (χ2v) is 11.0. The molecule has 0 saturated carbocycles. The molecule has 1 amide bonds. The first-order valence-corrected chi connectivity index (χ1v) is 14.4. The largest absolute Gasteiger partial charge is 0.494 e. The predicted molar refractivity (Wildman–Crippen MR) is 158 cm³/mol. The number of benzene rings is 2. The molecule has 0 bridgehead atoms. The van der Waals surface area contributed by atoms with E-state index in [4.69, 9.17) is 4.74 Å². The molecule has 1 fully saturated rings. The molecule has 0 spiro atoms. The highest BCUT2D eigenvalue weighted by atomic mass is 19.4. The summed E-state index contributed by atoms with van der Waals surface area (Å²) in [5.41, 5.74) is 4.18. The number of carbonyl (C=O) groups excluding carboxylic acids is 1. The van der Waals surface area contributed by atoms with Crippen LogP contribution in [-0.4, -0.2) is 60.1 Å². The minimum Gasteiger partial charge on any atom is -0.494 e. The van der Waals surface area contributed by atoms with E-state index in [0.29, 0.717) is 29.6 Å². The van der Waals surface area contributed by atoms with Gasteiger partial charge in [-0.05, 0) is 61.9 Å². The number of carbonyl (C=O) groups is 1. The van der Waals surface area contributed by atoms with E-state index in [0.717, 1.165) is 61.2 Å². The number of ether oxygens (including phenoxy) is 1. The standard InChI is InChI=1S/C31H37F3N6O2/c1-5-20-15-26(28(42-4)17-27(20)40-13-11-39(12-14-40)19(2)3)38-30-35-18-23(31(32,33)34)25(37-30)10-9-21-7-6-8-24-22(21)16-29(41)36-24/h6-8,15,17-19H,5,9-14,16H2,1-4H3,(H,36,41)(H,35,37,38). The Labute approximate surface area is 244 Å². The van der Waals surface area contributed by atoms with Crippen LogP contribution in [0.3, 0.4) is 0 Å². The number of nitrogens with one attached hydrogen (secondary N) is 2. The molecule has 0 aliphatic carbocycles. The van der Waals surface area contributed by atoms with Gasteiger partial charge in [-0.25, -0.2) is 9.97 Å². The summed E-state index contributed by atoms with van der Waals surface area (Å²) in [7, 11) is 1.57. The van der Waals surface area contributed by atoms with Crippen molar-refractivity contribution in [2.75, 3.05) is 48.8 Å². The van der Waals surface area contributed by atoms with Crippen molar-refractivity contribution in [3.63, 3.8) is 0 Å². The Balaban J connectivity index is 1.40. The summed E-state index contributed by atoms with van der Waals surface area (Å²) in [5.74, 6) is 0.508. The Morgan fingerprint density at radius 3 is 2.52 bits per heavy atom. The highest BCUT2D eigenvalue weighted by Crippen LogP contribution is 2.37. The minimum atomic E-state index is -4.60. The van der Waals surface area contributed by atoms with Gasteiger partial charge >= 0.3 is 6.18 Å². The van der Waals surface area contributed by atoms with Gasteiger partial charge in [-0.3, -0.25) is 9.69 Å². The van der Waals surface area contributed by atoms with E-state index in [1.54, 1.807) is 19.2 Å². The fraction of sp³-hybridized carbons (Fsp3) is 0.452. The molecule has 0 radical (unpaired) electrons. The summed E-state index contributed by atoms with van der Waals surface area (Å²) >= 11 is 0. The fourth-order valence-electron chi connectivity index (χ4n) is 5.77. The second-order valence-electron chi connectivity index (χ2n) is 11.0. The summed E-state index contributed by atoms with van der Waals surface area (Å²) in [4.78, 5) is 25.0. The molecular formula is C31H37F3N6O2. The lowest BCUT2D eigenvalue weighted by atomic mass is 9.98. The number of halogens is 3. The van der Waals surface area contributed by atoms with Crippen LogP contribution < -0.4 is 20.3 Å². The normalized spacial score (nSPS) is 15.6. The fourth-order valence-corrected chi connectivity index (χ4v) is 5.77. The van der Waals surface area contributed by atoms with Crippen LogP contribution in [0.5, 0.6) is 5.75 Å². The monoisotopic (exact) mass is 582 g/mol. The molecule has 5 rings (SSSR count). The molecular weight excluding hydrogens is 545 g/mol. The van der Waals surface area contributed by atoms with Gasteiger partial charge in [0.15, 0.2) is 0 Å². The molecule has 3 aromatic rings. The first-order valence-electron chi connectivity index (χ1n) is 14.4. The zero-order chi connectivity index (χ0) is 30.0. The minimum absolute atomic E-state index is 0.0370. The number of rotatable bonds is 9. The number of aryl methyl sites for hydroxylation is 3. The predicted octanol–water partition coefficient (Wildman–Crippen LogP) is 5.62. The van der Waals surface area contributed by atoms with E-state index in [2.05, 4.69) is 51.2 Å². The summed E-state index contributed by atoms with van der Waals surface area (Å²) < 4.78 is 47.5. The zero-order valence-electron chi connectivity index (χ0n) is 24.4. The molecule has 8 nitrogen and oxygen atoms in total. The van der Waals surface area contributed by atoms with E-state index in [-0.39, 0.29) is 30.4 Å². The van der Waals surface area contributed by atoms with E-state index in [1.165, 1.54) is 0 Å². The van der Waals surface area contributed by atoms with Gasteiger partial charge in [0.1, 0.15) is 5.75 Å². The van der Waals surface area contributed by atoms with Crippen molar-refractivity contribution < 1.29 is 22.7 Å². The van der Waals surface area contributed by atoms with E-state index in [1.807, 2.05) is 18.2 Å². The molecule has 42 heavy (non-hydrogen) atoms. The van der Waals surface area contributed by atoms with Crippen molar-refractivity contribution in [2.24, 2.45) is 0 Å². The number of hydrogen-bond donors (Lipinski definition) is 2. The first-order chi connectivity index (χ1) is 20.1. The van der Waals surface area contributed by atoms with E-state index >= 15 is 0 Å². The van der Waals surface area contributed by atoms with E-state index < -0.39 is 11.7 Å². The highest BCUT2D eigenvalue weighted by molar-refractivity contribution is 5.99. The van der Waals surface area contributed by atoms with Crippen LogP contribution in [0.1, 0.15) is 48.7 Å². The number of hydrogen-bond acceptors (Lipinski definition) is 7. The Hall–Kier alpha value is -3.86. The second kappa shape index (κ2) is 12.2. The molecule has 2 aliphatic rings. The third-order valence-corrected chi connectivity index (χ3v) is 8.10. The Bertz CT molecular complexity index is 1450. The number of methoxy groups -OCH3 is 1. The van der Waals surface area contributed by atoms with Crippen molar-refractivity contribution in [3.8, 4) is 5.75 Å². The molecule has 0 unspecified atom stereocenters. The maximum Gasteiger partial charge on any atom is 0.419 e. The molecule has 2 N–H and O–H groups in total. The third kappa shape index (κ3) is 6.30.